The summed E-state index contributed by atoms with van der Waals surface area (Å²) in [6.07, 6.45) is 5.02. The zero-order valence-corrected chi connectivity index (χ0v) is 16.0. The summed E-state index contributed by atoms with van der Waals surface area (Å²) in [4.78, 5) is 0. The Hall–Kier alpha value is -2.39. The van der Waals surface area contributed by atoms with E-state index in [1.165, 1.54) is 54.2 Å². The van der Waals surface area contributed by atoms with Gasteiger partial charge in [0.15, 0.2) is 0 Å². The van der Waals surface area contributed by atoms with E-state index >= 15 is 0 Å². The van der Waals surface area contributed by atoms with E-state index in [1.54, 1.807) is 12.1 Å². The van der Waals surface area contributed by atoms with Crippen LogP contribution >= 0.6 is 0 Å². The largest absolute Gasteiger partial charge is 0.489 e. The molecule has 0 aliphatic heterocycles. The molecular formula is C24H28FNO. The third kappa shape index (κ3) is 5.54. The Labute approximate surface area is 161 Å². The Balaban J connectivity index is 1.71. The van der Waals surface area contributed by atoms with Gasteiger partial charge in [0.2, 0.25) is 0 Å². The zero-order valence-electron chi connectivity index (χ0n) is 16.0. The highest BCUT2D eigenvalue weighted by Gasteiger charge is 2.09. The molecule has 27 heavy (non-hydrogen) atoms. The van der Waals surface area contributed by atoms with Crippen LogP contribution in [-0.4, -0.2) is 6.54 Å². The molecule has 3 heteroatoms. The predicted molar refractivity (Wildman–Crippen MR) is 111 cm³/mol. The van der Waals surface area contributed by atoms with Crippen molar-refractivity contribution in [3.05, 3.63) is 77.6 Å². The number of hydrogen-bond donors (Lipinski definition) is 1. The van der Waals surface area contributed by atoms with Gasteiger partial charge in [-0.2, -0.15) is 0 Å². The Kier molecular flexibility index (Phi) is 7.23. The van der Waals surface area contributed by atoms with Crippen LogP contribution in [0.5, 0.6) is 5.75 Å². The van der Waals surface area contributed by atoms with Gasteiger partial charge in [0, 0.05) is 12.1 Å². The first kappa shape index (κ1) is 19.4. The number of halogens is 1. The van der Waals surface area contributed by atoms with Crippen molar-refractivity contribution in [1.29, 1.82) is 0 Å². The van der Waals surface area contributed by atoms with Crippen molar-refractivity contribution < 1.29 is 9.13 Å². The second-order valence-electron chi connectivity index (χ2n) is 6.92. The second kappa shape index (κ2) is 10.1. The molecule has 0 bridgehead atoms. The number of nitrogens with one attached hydrogen (secondary N) is 1. The number of hydrogen-bond acceptors (Lipinski definition) is 2. The minimum absolute atomic E-state index is 0.225. The summed E-state index contributed by atoms with van der Waals surface area (Å²) in [5.74, 6) is 0.663. The molecule has 3 rings (SSSR count). The minimum Gasteiger partial charge on any atom is -0.489 e. The number of fused-ring (bicyclic) bond motifs is 1. The SMILES string of the molecule is CCCCCCNCc1c(OCc2ccc(F)cc2)ccc2ccccc12. The van der Waals surface area contributed by atoms with E-state index in [2.05, 4.69) is 42.6 Å². The first-order valence-electron chi connectivity index (χ1n) is 9.86. The van der Waals surface area contributed by atoms with Crippen molar-refractivity contribution >= 4 is 10.8 Å². The molecule has 0 amide bonds. The number of benzene rings is 3. The van der Waals surface area contributed by atoms with Crippen LogP contribution in [0.3, 0.4) is 0 Å². The molecule has 0 fully saturated rings. The molecule has 3 aromatic rings. The van der Waals surface area contributed by atoms with Crippen LogP contribution in [0.15, 0.2) is 60.7 Å². The molecule has 0 saturated carbocycles. The van der Waals surface area contributed by atoms with E-state index < -0.39 is 0 Å². The second-order valence-corrected chi connectivity index (χ2v) is 6.92. The van der Waals surface area contributed by atoms with E-state index in [0.717, 1.165) is 24.4 Å². The van der Waals surface area contributed by atoms with Gasteiger partial charge >= 0.3 is 0 Å². The topological polar surface area (TPSA) is 21.3 Å². The van der Waals surface area contributed by atoms with Crippen molar-refractivity contribution in [2.24, 2.45) is 0 Å². The molecule has 0 heterocycles. The van der Waals surface area contributed by atoms with Crippen molar-refractivity contribution in [2.45, 2.75) is 45.8 Å². The van der Waals surface area contributed by atoms with Crippen LogP contribution in [-0.2, 0) is 13.2 Å². The summed E-state index contributed by atoms with van der Waals surface area (Å²) in [5.41, 5.74) is 2.15. The monoisotopic (exact) mass is 365 g/mol. The van der Waals surface area contributed by atoms with Crippen LogP contribution in [0.25, 0.3) is 10.8 Å². The molecule has 0 atom stereocenters. The molecule has 142 valence electrons. The van der Waals surface area contributed by atoms with E-state index in [0.29, 0.717) is 6.61 Å². The summed E-state index contributed by atoms with van der Waals surface area (Å²) in [6.45, 7) is 4.46. The van der Waals surface area contributed by atoms with Crippen molar-refractivity contribution in [2.75, 3.05) is 6.54 Å². The highest BCUT2D eigenvalue weighted by atomic mass is 19.1. The van der Waals surface area contributed by atoms with Crippen molar-refractivity contribution in [1.82, 2.24) is 5.32 Å². The maximum Gasteiger partial charge on any atom is 0.124 e. The Morgan fingerprint density at radius 2 is 1.70 bits per heavy atom. The summed E-state index contributed by atoms with van der Waals surface area (Å²) in [5, 5.41) is 6.00. The standard InChI is InChI=1S/C24H28FNO/c1-2-3-4-7-16-26-17-23-22-9-6-5-8-20(22)12-15-24(23)27-18-19-10-13-21(25)14-11-19/h5-6,8-15,26H,2-4,7,16-18H2,1H3. The van der Waals surface area contributed by atoms with Gasteiger partial charge in [-0.25, -0.2) is 4.39 Å². The lowest BCUT2D eigenvalue weighted by atomic mass is 10.0. The van der Waals surface area contributed by atoms with Crippen LogP contribution in [0.2, 0.25) is 0 Å². The molecular weight excluding hydrogens is 337 g/mol. The quantitative estimate of drug-likeness (QED) is 0.430. The third-order valence-electron chi connectivity index (χ3n) is 4.81. The molecule has 0 spiro atoms. The van der Waals surface area contributed by atoms with Gasteiger partial charge in [-0.15, -0.1) is 0 Å². The third-order valence-corrected chi connectivity index (χ3v) is 4.81. The Bertz CT molecular complexity index is 845. The fraction of sp³-hybridized carbons (Fsp3) is 0.333. The van der Waals surface area contributed by atoms with Gasteiger partial charge in [0.05, 0.1) is 0 Å². The fourth-order valence-corrected chi connectivity index (χ4v) is 3.27. The fourth-order valence-electron chi connectivity index (χ4n) is 3.27. The van der Waals surface area contributed by atoms with Crippen LogP contribution < -0.4 is 10.1 Å². The van der Waals surface area contributed by atoms with Gasteiger partial charge in [-0.1, -0.05) is 68.7 Å². The first-order chi connectivity index (χ1) is 13.3. The summed E-state index contributed by atoms with van der Waals surface area (Å²) < 4.78 is 19.2. The number of ether oxygens (including phenoxy) is 1. The average Bonchev–Trinajstić information content (AvgIpc) is 2.70. The van der Waals surface area contributed by atoms with E-state index in [-0.39, 0.29) is 5.82 Å². The summed E-state index contributed by atoms with van der Waals surface area (Å²) in [6, 6.07) is 19.0. The summed E-state index contributed by atoms with van der Waals surface area (Å²) >= 11 is 0. The predicted octanol–water partition coefficient (Wildman–Crippen LogP) is 6.23. The van der Waals surface area contributed by atoms with E-state index in [9.17, 15) is 4.39 Å². The van der Waals surface area contributed by atoms with Gasteiger partial charge in [-0.05, 0) is 47.5 Å². The lowest BCUT2D eigenvalue weighted by molar-refractivity contribution is 0.302. The highest BCUT2D eigenvalue weighted by molar-refractivity contribution is 5.87. The molecule has 1 N–H and O–H groups in total. The van der Waals surface area contributed by atoms with Crippen molar-refractivity contribution in [3.63, 3.8) is 0 Å². The van der Waals surface area contributed by atoms with Crippen molar-refractivity contribution in [3.8, 4) is 5.75 Å². The Morgan fingerprint density at radius 1 is 0.889 bits per heavy atom. The van der Waals surface area contributed by atoms with Gasteiger partial charge < -0.3 is 10.1 Å². The molecule has 2 nitrogen and oxygen atoms in total. The highest BCUT2D eigenvalue weighted by Crippen LogP contribution is 2.28. The maximum absolute atomic E-state index is 13.1. The first-order valence-corrected chi connectivity index (χ1v) is 9.86. The molecule has 0 saturated heterocycles. The molecule has 0 aliphatic rings. The average molecular weight is 365 g/mol. The minimum atomic E-state index is -0.225. The number of rotatable bonds is 10. The lowest BCUT2D eigenvalue weighted by Gasteiger charge is -2.15. The van der Waals surface area contributed by atoms with Gasteiger partial charge in [-0.3, -0.25) is 0 Å². The molecule has 0 aromatic heterocycles. The Morgan fingerprint density at radius 3 is 2.52 bits per heavy atom. The van der Waals surface area contributed by atoms with Crippen LogP contribution in [0.1, 0.15) is 43.7 Å². The molecule has 3 aromatic carbocycles. The number of unbranched alkanes of at least 4 members (excludes halogenated alkanes) is 3. The smallest absolute Gasteiger partial charge is 0.124 e. The maximum atomic E-state index is 13.1. The molecule has 0 aliphatic carbocycles. The van der Waals surface area contributed by atoms with Crippen LogP contribution in [0.4, 0.5) is 4.39 Å². The van der Waals surface area contributed by atoms with Crippen LogP contribution in [0, 0.1) is 5.82 Å². The van der Waals surface area contributed by atoms with E-state index in [4.69, 9.17) is 4.74 Å². The molecule has 0 radical (unpaired) electrons. The van der Waals surface area contributed by atoms with Gasteiger partial charge in [0.25, 0.3) is 0 Å². The molecule has 0 unspecified atom stereocenters. The van der Waals surface area contributed by atoms with Gasteiger partial charge in [0.1, 0.15) is 18.2 Å². The lowest BCUT2D eigenvalue weighted by Crippen LogP contribution is -2.16. The normalized spacial score (nSPS) is 11.0. The zero-order chi connectivity index (χ0) is 18.9. The van der Waals surface area contributed by atoms with E-state index in [1.807, 2.05) is 6.07 Å². The summed E-state index contributed by atoms with van der Waals surface area (Å²) in [7, 11) is 0.